The van der Waals surface area contributed by atoms with Crippen LogP contribution in [0.2, 0.25) is 0 Å². The minimum absolute atomic E-state index is 0.0627. The van der Waals surface area contributed by atoms with E-state index in [1.54, 1.807) is 20.3 Å². The molecule has 0 atom stereocenters. The average molecular weight is 327 g/mol. The van der Waals surface area contributed by atoms with E-state index in [2.05, 4.69) is 16.7 Å². The number of nitrogens with zero attached hydrogens (tertiary/aromatic N) is 1. The summed E-state index contributed by atoms with van der Waals surface area (Å²) in [7, 11) is 3.17. The zero-order valence-electron chi connectivity index (χ0n) is 13.9. The third kappa shape index (κ3) is 3.09. The molecule has 2 aromatic carbocycles. The van der Waals surface area contributed by atoms with Crippen molar-refractivity contribution in [2.45, 2.75) is 13.2 Å². The van der Waals surface area contributed by atoms with Gasteiger partial charge in [0, 0.05) is 25.2 Å². The minimum atomic E-state index is -0.0627. The van der Waals surface area contributed by atoms with Crippen LogP contribution in [0.4, 0.5) is 0 Å². The Bertz CT molecular complexity index is 811. The van der Waals surface area contributed by atoms with E-state index in [4.69, 9.17) is 14.2 Å². The summed E-state index contributed by atoms with van der Waals surface area (Å²) in [6.45, 7) is 0.763. The number of aliphatic hydroxyl groups is 1. The first kappa shape index (κ1) is 16.4. The van der Waals surface area contributed by atoms with Gasteiger partial charge in [0.2, 0.25) is 0 Å². The van der Waals surface area contributed by atoms with Gasteiger partial charge in [0.25, 0.3) is 0 Å². The molecule has 0 aliphatic carbocycles. The predicted molar refractivity (Wildman–Crippen MR) is 92.5 cm³/mol. The summed E-state index contributed by atoms with van der Waals surface area (Å²) in [6.07, 6.45) is 2.00. The third-order valence-corrected chi connectivity index (χ3v) is 3.96. The Morgan fingerprint density at radius 3 is 2.54 bits per heavy atom. The Morgan fingerprint density at radius 2 is 1.88 bits per heavy atom. The Hall–Kier alpha value is -2.50. The zero-order valence-corrected chi connectivity index (χ0v) is 13.9. The van der Waals surface area contributed by atoms with Crippen molar-refractivity contribution in [2.75, 3.05) is 21.0 Å². The molecule has 3 rings (SSSR count). The molecule has 1 N–H and O–H groups in total. The van der Waals surface area contributed by atoms with Crippen molar-refractivity contribution in [1.29, 1.82) is 0 Å². The fourth-order valence-electron chi connectivity index (χ4n) is 2.85. The molecule has 0 saturated carbocycles. The molecule has 0 radical (unpaired) electrons. The van der Waals surface area contributed by atoms with E-state index >= 15 is 0 Å². The van der Waals surface area contributed by atoms with E-state index in [0.717, 1.165) is 16.5 Å². The van der Waals surface area contributed by atoms with Crippen molar-refractivity contribution < 1.29 is 19.3 Å². The van der Waals surface area contributed by atoms with Gasteiger partial charge in [-0.3, -0.25) is 0 Å². The SMILES string of the molecule is COCOc1c(OC)cc(CO)c2ccn(Cc3ccccc3)c12. The van der Waals surface area contributed by atoms with E-state index in [0.29, 0.717) is 18.0 Å². The first-order chi connectivity index (χ1) is 11.8. The fourth-order valence-corrected chi connectivity index (χ4v) is 2.85. The molecule has 0 saturated heterocycles. The van der Waals surface area contributed by atoms with Gasteiger partial charge in [0.1, 0.15) is 0 Å². The largest absolute Gasteiger partial charge is 0.493 e. The van der Waals surface area contributed by atoms with Crippen LogP contribution in [-0.2, 0) is 17.9 Å². The first-order valence-corrected chi connectivity index (χ1v) is 7.73. The second-order valence-corrected chi connectivity index (χ2v) is 5.47. The summed E-state index contributed by atoms with van der Waals surface area (Å²) in [5.41, 5.74) is 2.87. The number of aliphatic hydroxyl groups excluding tert-OH is 1. The zero-order chi connectivity index (χ0) is 16.9. The lowest BCUT2D eigenvalue weighted by Crippen LogP contribution is -2.05. The Kier molecular flexibility index (Phi) is 5.03. The number of hydrogen-bond acceptors (Lipinski definition) is 4. The average Bonchev–Trinajstić information content (AvgIpc) is 3.04. The Balaban J connectivity index is 2.15. The van der Waals surface area contributed by atoms with Gasteiger partial charge < -0.3 is 23.9 Å². The van der Waals surface area contributed by atoms with Crippen molar-refractivity contribution >= 4 is 10.9 Å². The molecule has 1 aromatic heterocycles. The van der Waals surface area contributed by atoms with E-state index < -0.39 is 0 Å². The summed E-state index contributed by atoms with van der Waals surface area (Å²) in [5, 5.41) is 10.6. The number of benzene rings is 2. The monoisotopic (exact) mass is 327 g/mol. The normalized spacial score (nSPS) is 11.0. The van der Waals surface area contributed by atoms with E-state index in [9.17, 15) is 5.11 Å². The van der Waals surface area contributed by atoms with Crippen LogP contribution in [0.3, 0.4) is 0 Å². The summed E-state index contributed by atoms with van der Waals surface area (Å²) in [5.74, 6) is 1.20. The summed E-state index contributed by atoms with van der Waals surface area (Å²) in [6, 6.07) is 14.0. The van der Waals surface area contributed by atoms with Crippen molar-refractivity contribution in [3.63, 3.8) is 0 Å². The predicted octanol–water partition coefficient (Wildman–Crippen LogP) is 3.17. The highest BCUT2D eigenvalue weighted by Gasteiger charge is 2.18. The Labute approximate surface area is 141 Å². The number of hydrogen-bond donors (Lipinski definition) is 1. The molecule has 126 valence electrons. The van der Waals surface area contributed by atoms with Crippen LogP contribution in [0, 0.1) is 0 Å². The molecule has 0 fully saturated rings. The molecule has 0 bridgehead atoms. The summed E-state index contributed by atoms with van der Waals surface area (Å²) >= 11 is 0. The topological polar surface area (TPSA) is 52.9 Å². The van der Waals surface area contributed by atoms with E-state index in [-0.39, 0.29) is 13.4 Å². The Morgan fingerprint density at radius 1 is 1.08 bits per heavy atom. The smallest absolute Gasteiger partial charge is 0.189 e. The molecule has 0 amide bonds. The molecule has 1 heterocycles. The van der Waals surface area contributed by atoms with Gasteiger partial charge in [0.15, 0.2) is 18.3 Å². The third-order valence-electron chi connectivity index (χ3n) is 3.96. The number of methoxy groups -OCH3 is 2. The second kappa shape index (κ2) is 7.38. The number of aromatic nitrogens is 1. The van der Waals surface area contributed by atoms with Crippen LogP contribution in [-0.4, -0.2) is 30.7 Å². The fraction of sp³-hybridized carbons (Fsp3) is 0.263. The van der Waals surface area contributed by atoms with Gasteiger partial charge in [-0.15, -0.1) is 0 Å². The van der Waals surface area contributed by atoms with E-state index in [1.165, 1.54) is 5.56 Å². The molecular weight excluding hydrogens is 306 g/mol. The number of fused-ring (bicyclic) bond motifs is 1. The molecule has 5 nitrogen and oxygen atoms in total. The van der Waals surface area contributed by atoms with Crippen LogP contribution in [0.1, 0.15) is 11.1 Å². The number of rotatable bonds is 7. The highest BCUT2D eigenvalue weighted by atomic mass is 16.7. The van der Waals surface area contributed by atoms with Crippen molar-refractivity contribution in [2.24, 2.45) is 0 Å². The molecule has 0 unspecified atom stereocenters. The van der Waals surface area contributed by atoms with Crippen molar-refractivity contribution in [1.82, 2.24) is 4.57 Å². The standard InChI is InChI=1S/C19H21NO4/c1-22-13-24-19-17(23-2)10-15(12-21)16-8-9-20(18(16)19)11-14-6-4-3-5-7-14/h3-10,21H,11-13H2,1-2H3. The lowest BCUT2D eigenvalue weighted by molar-refractivity contribution is 0.0500. The van der Waals surface area contributed by atoms with Crippen molar-refractivity contribution in [3.8, 4) is 11.5 Å². The highest BCUT2D eigenvalue weighted by molar-refractivity contribution is 5.91. The lowest BCUT2D eigenvalue weighted by atomic mass is 10.1. The van der Waals surface area contributed by atoms with Crippen LogP contribution >= 0.6 is 0 Å². The van der Waals surface area contributed by atoms with Crippen LogP contribution in [0.15, 0.2) is 48.7 Å². The van der Waals surface area contributed by atoms with E-state index in [1.807, 2.05) is 30.5 Å². The molecule has 24 heavy (non-hydrogen) atoms. The molecule has 0 spiro atoms. The molecular formula is C19H21NO4. The van der Waals surface area contributed by atoms with Gasteiger partial charge in [-0.05, 0) is 23.3 Å². The minimum Gasteiger partial charge on any atom is -0.493 e. The van der Waals surface area contributed by atoms with Gasteiger partial charge in [0.05, 0.1) is 19.2 Å². The van der Waals surface area contributed by atoms with Gasteiger partial charge in [-0.1, -0.05) is 30.3 Å². The quantitative estimate of drug-likeness (QED) is 0.677. The summed E-state index contributed by atoms with van der Waals surface area (Å²) in [4.78, 5) is 0. The van der Waals surface area contributed by atoms with Crippen molar-refractivity contribution in [3.05, 3.63) is 59.8 Å². The lowest BCUT2D eigenvalue weighted by Gasteiger charge is -2.16. The molecule has 0 aliphatic heterocycles. The number of ether oxygens (including phenoxy) is 3. The van der Waals surface area contributed by atoms with Crippen LogP contribution < -0.4 is 9.47 Å². The maximum absolute atomic E-state index is 9.69. The molecule has 0 aliphatic rings. The maximum Gasteiger partial charge on any atom is 0.189 e. The maximum atomic E-state index is 9.69. The molecule has 3 aromatic rings. The summed E-state index contributed by atoms with van der Waals surface area (Å²) < 4.78 is 18.4. The van der Waals surface area contributed by atoms with Gasteiger partial charge in [-0.25, -0.2) is 0 Å². The van der Waals surface area contributed by atoms with Gasteiger partial charge >= 0.3 is 0 Å². The van der Waals surface area contributed by atoms with Crippen LogP contribution in [0.25, 0.3) is 10.9 Å². The van der Waals surface area contributed by atoms with Crippen LogP contribution in [0.5, 0.6) is 11.5 Å². The second-order valence-electron chi connectivity index (χ2n) is 5.47. The highest BCUT2D eigenvalue weighted by Crippen LogP contribution is 2.39. The first-order valence-electron chi connectivity index (χ1n) is 7.73. The molecule has 5 heteroatoms. The van der Waals surface area contributed by atoms with Gasteiger partial charge in [-0.2, -0.15) is 0 Å².